The van der Waals surface area contributed by atoms with E-state index in [1.54, 1.807) is 7.11 Å². The maximum atomic E-state index is 9.69. The van der Waals surface area contributed by atoms with Gasteiger partial charge in [0.05, 0.1) is 26.4 Å². The number of piperidine rings is 1. The van der Waals surface area contributed by atoms with Crippen molar-refractivity contribution in [1.82, 2.24) is 4.90 Å². The van der Waals surface area contributed by atoms with E-state index >= 15 is 0 Å². The van der Waals surface area contributed by atoms with E-state index in [-0.39, 0.29) is 6.10 Å². The smallest absolute Gasteiger partial charge is 0.118 e. The molecule has 118 valence electrons. The van der Waals surface area contributed by atoms with Crippen molar-refractivity contribution in [2.45, 2.75) is 32.5 Å². The molecule has 0 unspecified atom stereocenters. The minimum atomic E-state index is -0.201. The van der Waals surface area contributed by atoms with E-state index in [9.17, 15) is 5.11 Å². The van der Waals surface area contributed by atoms with Crippen LogP contribution in [0.15, 0.2) is 24.3 Å². The number of likely N-dealkylation sites (tertiary alicyclic amines) is 1. The Morgan fingerprint density at radius 1 is 1.33 bits per heavy atom. The fourth-order valence-corrected chi connectivity index (χ4v) is 2.79. The van der Waals surface area contributed by atoms with E-state index in [1.165, 1.54) is 6.42 Å². The van der Waals surface area contributed by atoms with Crippen molar-refractivity contribution in [3.05, 3.63) is 29.8 Å². The monoisotopic (exact) mass is 293 g/mol. The van der Waals surface area contributed by atoms with Crippen molar-refractivity contribution in [2.24, 2.45) is 5.92 Å². The van der Waals surface area contributed by atoms with Gasteiger partial charge in [-0.25, -0.2) is 0 Å². The van der Waals surface area contributed by atoms with Gasteiger partial charge in [0.2, 0.25) is 0 Å². The van der Waals surface area contributed by atoms with Crippen molar-refractivity contribution >= 4 is 0 Å². The third kappa shape index (κ3) is 5.30. The van der Waals surface area contributed by atoms with Gasteiger partial charge in [0.1, 0.15) is 5.75 Å². The van der Waals surface area contributed by atoms with Crippen LogP contribution in [0.2, 0.25) is 0 Å². The lowest BCUT2D eigenvalue weighted by atomic mass is 9.93. The highest BCUT2D eigenvalue weighted by atomic mass is 16.5. The molecule has 1 heterocycles. The SMILES string of the molecule is COc1ccc(COCCN2CCC[C@@H]([C@@H](C)O)C2)cc1. The normalized spacial score (nSPS) is 21.2. The molecule has 4 nitrogen and oxygen atoms in total. The van der Waals surface area contributed by atoms with Gasteiger partial charge < -0.3 is 19.5 Å². The predicted octanol–water partition coefficient (Wildman–Crippen LogP) is 2.30. The molecule has 4 heteroatoms. The maximum absolute atomic E-state index is 9.69. The topological polar surface area (TPSA) is 41.9 Å². The molecule has 0 spiro atoms. The molecular formula is C17H27NO3. The van der Waals surface area contributed by atoms with E-state index in [0.29, 0.717) is 12.5 Å². The molecule has 1 saturated heterocycles. The number of hydrogen-bond donors (Lipinski definition) is 1. The maximum Gasteiger partial charge on any atom is 0.118 e. The number of hydrogen-bond acceptors (Lipinski definition) is 4. The number of aliphatic hydroxyl groups excluding tert-OH is 1. The second kappa shape index (κ2) is 8.37. The van der Waals surface area contributed by atoms with E-state index in [1.807, 2.05) is 31.2 Å². The second-order valence-electron chi connectivity index (χ2n) is 5.84. The van der Waals surface area contributed by atoms with Crippen molar-refractivity contribution in [1.29, 1.82) is 0 Å². The first-order chi connectivity index (χ1) is 10.2. The van der Waals surface area contributed by atoms with E-state index in [0.717, 1.165) is 44.0 Å². The second-order valence-corrected chi connectivity index (χ2v) is 5.84. The Bertz CT molecular complexity index is 405. The van der Waals surface area contributed by atoms with Gasteiger partial charge in [-0.3, -0.25) is 0 Å². The molecule has 1 aliphatic rings. The molecular weight excluding hydrogens is 266 g/mol. The minimum absolute atomic E-state index is 0.201. The van der Waals surface area contributed by atoms with Gasteiger partial charge in [-0.2, -0.15) is 0 Å². The summed E-state index contributed by atoms with van der Waals surface area (Å²) in [5.74, 6) is 1.29. The fourth-order valence-electron chi connectivity index (χ4n) is 2.79. The third-order valence-corrected chi connectivity index (χ3v) is 4.20. The Morgan fingerprint density at radius 3 is 2.76 bits per heavy atom. The Hall–Kier alpha value is -1.10. The molecule has 1 aliphatic heterocycles. The standard InChI is InChI=1S/C17H27NO3/c1-14(19)16-4-3-9-18(12-16)10-11-21-13-15-5-7-17(20-2)8-6-15/h5-8,14,16,19H,3-4,9-13H2,1-2H3/t14-,16-/m1/s1. The molecule has 0 aliphatic carbocycles. The Morgan fingerprint density at radius 2 is 2.10 bits per heavy atom. The zero-order chi connectivity index (χ0) is 15.1. The van der Waals surface area contributed by atoms with Crippen molar-refractivity contribution in [2.75, 3.05) is 33.4 Å². The van der Waals surface area contributed by atoms with Crippen LogP contribution in [-0.4, -0.2) is 49.5 Å². The first kappa shape index (κ1) is 16.3. The van der Waals surface area contributed by atoms with E-state index in [2.05, 4.69) is 4.90 Å². The fraction of sp³-hybridized carbons (Fsp3) is 0.647. The lowest BCUT2D eigenvalue weighted by molar-refractivity contribution is 0.0398. The average molecular weight is 293 g/mol. The number of aliphatic hydroxyl groups is 1. The first-order valence-corrected chi connectivity index (χ1v) is 7.80. The van der Waals surface area contributed by atoms with Crippen LogP contribution in [0.5, 0.6) is 5.75 Å². The summed E-state index contributed by atoms with van der Waals surface area (Å²) in [4.78, 5) is 2.40. The van der Waals surface area contributed by atoms with Crippen LogP contribution in [0, 0.1) is 5.92 Å². The van der Waals surface area contributed by atoms with Crippen LogP contribution in [0.3, 0.4) is 0 Å². The van der Waals surface area contributed by atoms with Crippen LogP contribution in [0.25, 0.3) is 0 Å². The number of benzene rings is 1. The molecule has 0 amide bonds. The number of methoxy groups -OCH3 is 1. The number of ether oxygens (including phenoxy) is 2. The first-order valence-electron chi connectivity index (χ1n) is 7.80. The molecule has 0 bridgehead atoms. The van der Waals surface area contributed by atoms with E-state index < -0.39 is 0 Å². The van der Waals surface area contributed by atoms with Gasteiger partial charge >= 0.3 is 0 Å². The lowest BCUT2D eigenvalue weighted by Crippen LogP contribution is -2.41. The minimum Gasteiger partial charge on any atom is -0.497 e. The molecule has 1 aromatic carbocycles. The van der Waals surface area contributed by atoms with Gasteiger partial charge in [0.15, 0.2) is 0 Å². The molecule has 0 aromatic heterocycles. The van der Waals surface area contributed by atoms with Crippen LogP contribution >= 0.6 is 0 Å². The van der Waals surface area contributed by atoms with Gasteiger partial charge in [0.25, 0.3) is 0 Å². The molecule has 21 heavy (non-hydrogen) atoms. The molecule has 1 aromatic rings. The molecule has 1 fully saturated rings. The third-order valence-electron chi connectivity index (χ3n) is 4.20. The predicted molar refractivity (Wildman–Crippen MR) is 83.5 cm³/mol. The molecule has 2 atom stereocenters. The van der Waals surface area contributed by atoms with Crippen LogP contribution in [0.1, 0.15) is 25.3 Å². The number of rotatable bonds is 7. The summed E-state index contributed by atoms with van der Waals surface area (Å²) < 4.78 is 10.9. The molecule has 0 saturated carbocycles. The largest absolute Gasteiger partial charge is 0.497 e. The highest BCUT2D eigenvalue weighted by Gasteiger charge is 2.22. The lowest BCUT2D eigenvalue weighted by Gasteiger charge is -2.33. The van der Waals surface area contributed by atoms with Crippen molar-refractivity contribution in [3.8, 4) is 5.75 Å². The summed E-state index contributed by atoms with van der Waals surface area (Å²) in [5.41, 5.74) is 1.16. The van der Waals surface area contributed by atoms with Gasteiger partial charge in [0, 0.05) is 13.1 Å². The highest BCUT2D eigenvalue weighted by molar-refractivity contribution is 5.26. The Labute approximate surface area is 127 Å². The van der Waals surface area contributed by atoms with Crippen LogP contribution in [-0.2, 0) is 11.3 Å². The number of nitrogens with zero attached hydrogens (tertiary/aromatic N) is 1. The zero-order valence-electron chi connectivity index (χ0n) is 13.1. The van der Waals surface area contributed by atoms with Crippen LogP contribution < -0.4 is 4.74 Å². The zero-order valence-corrected chi connectivity index (χ0v) is 13.1. The van der Waals surface area contributed by atoms with E-state index in [4.69, 9.17) is 9.47 Å². The summed E-state index contributed by atoms with van der Waals surface area (Å²) >= 11 is 0. The summed E-state index contributed by atoms with van der Waals surface area (Å²) in [6.45, 7) is 6.32. The summed E-state index contributed by atoms with van der Waals surface area (Å²) in [7, 11) is 1.67. The average Bonchev–Trinajstić information content (AvgIpc) is 2.52. The highest BCUT2D eigenvalue weighted by Crippen LogP contribution is 2.19. The summed E-state index contributed by atoms with van der Waals surface area (Å²) in [5, 5.41) is 9.69. The Balaban J connectivity index is 1.64. The Kier molecular flexibility index (Phi) is 6.49. The molecule has 1 N–H and O–H groups in total. The summed E-state index contributed by atoms with van der Waals surface area (Å²) in [6, 6.07) is 7.97. The van der Waals surface area contributed by atoms with Gasteiger partial charge in [-0.15, -0.1) is 0 Å². The van der Waals surface area contributed by atoms with Crippen molar-refractivity contribution < 1.29 is 14.6 Å². The quantitative estimate of drug-likeness (QED) is 0.783. The summed E-state index contributed by atoms with van der Waals surface area (Å²) in [6.07, 6.45) is 2.11. The van der Waals surface area contributed by atoms with Crippen LogP contribution in [0.4, 0.5) is 0 Å². The van der Waals surface area contributed by atoms with Gasteiger partial charge in [-0.05, 0) is 49.9 Å². The molecule has 0 radical (unpaired) electrons. The van der Waals surface area contributed by atoms with Gasteiger partial charge in [-0.1, -0.05) is 12.1 Å². The van der Waals surface area contributed by atoms with Crippen molar-refractivity contribution in [3.63, 3.8) is 0 Å². The molecule has 2 rings (SSSR count).